The monoisotopic (exact) mass is 766 g/mol. The SMILES string of the molecule is Cc1cccc(-c2ccc3c4ccccc4n(-c4cc(-c5cccnc5-c5ccccc5)cc(-n5c6ccccc6c6ccc(-c7cccc(C)c7)cc65)c4C#N)c3c2)c1. The van der Waals surface area contributed by atoms with Crippen LogP contribution in [-0.4, -0.2) is 14.1 Å². The van der Waals surface area contributed by atoms with Crippen molar-refractivity contribution < 1.29 is 0 Å². The highest BCUT2D eigenvalue weighted by molar-refractivity contribution is 6.12. The van der Waals surface area contributed by atoms with Crippen LogP contribution in [0.1, 0.15) is 16.7 Å². The summed E-state index contributed by atoms with van der Waals surface area (Å²) in [6.45, 7) is 4.26. The lowest BCUT2D eigenvalue weighted by Gasteiger charge is -2.19. The van der Waals surface area contributed by atoms with Gasteiger partial charge in [0.25, 0.3) is 0 Å². The summed E-state index contributed by atoms with van der Waals surface area (Å²) in [5.41, 5.74) is 17.2. The molecule has 0 bridgehead atoms. The summed E-state index contributed by atoms with van der Waals surface area (Å²) in [6.07, 6.45) is 1.86. The summed E-state index contributed by atoms with van der Waals surface area (Å²) in [4.78, 5) is 4.98. The number of rotatable bonds is 6. The zero-order valence-electron chi connectivity index (χ0n) is 33.3. The van der Waals surface area contributed by atoms with Gasteiger partial charge in [-0.2, -0.15) is 5.26 Å². The van der Waals surface area contributed by atoms with Gasteiger partial charge in [0.2, 0.25) is 0 Å². The molecule has 4 nitrogen and oxygen atoms in total. The van der Waals surface area contributed by atoms with Crippen LogP contribution >= 0.6 is 0 Å². The minimum atomic E-state index is 0.580. The standard InChI is InChI=1S/C56H38N4/c1-36-13-10-17-39(29-36)41-24-26-47-45-19-6-8-22-50(45)59(52(47)31-41)54-33-43(44-21-12-28-58-56(44)38-15-4-3-5-16-38)34-55(49(54)35-57)60-51-23-9-7-20-46(51)48-27-25-42(32-53(48)60)40-18-11-14-37(2)30-40/h3-34H,1-2H3. The number of hydrogen-bond donors (Lipinski definition) is 0. The first kappa shape index (κ1) is 35.2. The fourth-order valence-electron chi connectivity index (χ4n) is 9.17. The Kier molecular flexibility index (Phi) is 8.28. The Morgan fingerprint density at radius 2 is 0.883 bits per heavy atom. The number of hydrogen-bond acceptors (Lipinski definition) is 2. The van der Waals surface area contributed by atoms with E-state index in [4.69, 9.17) is 4.98 Å². The molecule has 0 N–H and O–H groups in total. The Morgan fingerprint density at radius 1 is 0.400 bits per heavy atom. The second-order valence-corrected chi connectivity index (χ2v) is 15.7. The molecule has 0 radical (unpaired) electrons. The van der Waals surface area contributed by atoms with Gasteiger partial charge in [0, 0.05) is 38.9 Å². The lowest BCUT2D eigenvalue weighted by molar-refractivity contribution is 1.12. The van der Waals surface area contributed by atoms with Gasteiger partial charge < -0.3 is 9.13 Å². The second kappa shape index (κ2) is 14.1. The van der Waals surface area contributed by atoms with Crippen LogP contribution in [0.4, 0.5) is 0 Å². The van der Waals surface area contributed by atoms with Crippen molar-refractivity contribution in [3.8, 4) is 62.1 Å². The van der Waals surface area contributed by atoms with E-state index in [1.165, 1.54) is 11.1 Å². The quantitative estimate of drug-likeness (QED) is 0.169. The summed E-state index contributed by atoms with van der Waals surface area (Å²) in [5, 5.41) is 16.1. The highest BCUT2D eigenvalue weighted by atomic mass is 15.0. The summed E-state index contributed by atoms with van der Waals surface area (Å²) in [5.74, 6) is 0. The molecule has 0 unspecified atom stereocenters. The summed E-state index contributed by atoms with van der Waals surface area (Å²) in [7, 11) is 0. The van der Waals surface area contributed by atoms with Crippen molar-refractivity contribution in [2.24, 2.45) is 0 Å². The van der Waals surface area contributed by atoms with Crippen molar-refractivity contribution >= 4 is 43.6 Å². The first-order valence-corrected chi connectivity index (χ1v) is 20.3. The average Bonchev–Trinajstić information content (AvgIpc) is 3.81. The van der Waals surface area contributed by atoms with Gasteiger partial charge in [-0.1, -0.05) is 157 Å². The van der Waals surface area contributed by atoms with E-state index >= 15 is 0 Å². The van der Waals surface area contributed by atoms with E-state index in [2.05, 4.69) is 205 Å². The van der Waals surface area contributed by atoms with E-state index in [0.29, 0.717) is 5.56 Å². The number of nitrogens with zero attached hydrogens (tertiary/aromatic N) is 4. The van der Waals surface area contributed by atoms with E-state index in [9.17, 15) is 5.26 Å². The molecule has 282 valence electrons. The zero-order chi connectivity index (χ0) is 40.3. The van der Waals surface area contributed by atoms with E-state index in [0.717, 1.165) is 99.6 Å². The Balaban J connectivity index is 1.28. The van der Waals surface area contributed by atoms with Crippen molar-refractivity contribution in [3.05, 3.63) is 211 Å². The first-order chi connectivity index (χ1) is 29.5. The maximum Gasteiger partial charge on any atom is 0.104 e. The molecule has 0 aliphatic carbocycles. The number of benzene rings is 8. The molecule has 60 heavy (non-hydrogen) atoms. The molecule has 11 rings (SSSR count). The molecule has 4 heteroatoms. The third-order valence-electron chi connectivity index (χ3n) is 11.9. The lowest BCUT2D eigenvalue weighted by atomic mass is 9.96. The van der Waals surface area contributed by atoms with Crippen LogP contribution in [0.2, 0.25) is 0 Å². The van der Waals surface area contributed by atoms with Crippen LogP contribution in [0.15, 0.2) is 194 Å². The molecule has 0 aliphatic heterocycles. The molecule has 0 atom stereocenters. The molecule has 0 spiro atoms. The highest BCUT2D eigenvalue weighted by Crippen LogP contribution is 2.43. The van der Waals surface area contributed by atoms with Gasteiger partial charge in [0.1, 0.15) is 11.6 Å². The molecule has 3 heterocycles. The minimum absolute atomic E-state index is 0.580. The van der Waals surface area contributed by atoms with E-state index < -0.39 is 0 Å². The van der Waals surface area contributed by atoms with E-state index in [-0.39, 0.29) is 0 Å². The number of para-hydroxylation sites is 2. The Morgan fingerprint density at radius 3 is 1.42 bits per heavy atom. The summed E-state index contributed by atoms with van der Waals surface area (Å²) >= 11 is 0. The van der Waals surface area contributed by atoms with Crippen LogP contribution in [0, 0.1) is 25.2 Å². The average molecular weight is 767 g/mol. The fourth-order valence-corrected chi connectivity index (χ4v) is 9.17. The molecule has 0 amide bonds. The van der Waals surface area contributed by atoms with Gasteiger partial charge in [-0.15, -0.1) is 0 Å². The Bertz CT molecular complexity index is 3340. The van der Waals surface area contributed by atoms with E-state index in [1.807, 2.05) is 18.3 Å². The van der Waals surface area contributed by atoms with Crippen molar-refractivity contribution in [3.63, 3.8) is 0 Å². The number of fused-ring (bicyclic) bond motifs is 6. The maximum absolute atomic E-state index is 11.6. The van der Waals surface area contributed by atoms with Gasteiger partial charge in [-0.05, 0) is 84.1 Å². The number of aromatic nitrogens is 3. The molecule has 0 fully saturated rings. The molecule has 8 aromatic carbocycles. The van der Waals surface area contributed by atoms with Crippen LogP contribution < -0.4 is 0 Å². The Labute approximate surface area is 348 Å². The minimum Gasteiger partial charge on any atom is -0.308 e. The molecule has 11 aromatic rings. The third-order valence-corrected chi connectivity index (χ3v) is 11.9. The normalized spacial score (nSPS) is 11.5. The summed E-state index contributed by atoms with van der Waals surface area (Å²) < 4.78 is 4.61. The number of aryl methyl sites for hydroxylation is 2. The largest absolute Gasteiger partial charge is 0.308 e. The third kappa shape index (κ3) is 5.71. The van der Waals surface area contributed by atoms with Gasteiger partial charge >= 0.3 is 0 Å². The Hall–Kier alpha value is -8.00. The maximum atomic E-state index is 11.6. The smallest absolute Gasteiger partial charge is 0.104 e. The second-order valence-electron chi connectivity index (χ2n) is 15.7. The van der Waals surface area contributed by atoms with Crippen molar-refractivity contribution in [2.75, 3.05) is 0 Å². The zero-order valence-corrected chi connectivity index (χ0v) is 33.3. The van der Waals surface area contributed by atoms with Crippen LogP contribution in [0.5, 0.6) is 0 Å². The fraction of sp³-hybridized carbons (Fsp3) is 0.0357. The topological polar surface area (TPSA) is 46.5 Å². The lowest BCUT2D eigenvalue weighted by Crippen LogP contribution is -2.05. The molecule has 0 aliphatic rings. The number of pyridine rings is 1. The van der Waals surface area contributed by atoms with Crippen LogP contribution in [0.25, 0.3) is 99.6 Å². The van der Waals surface area contributed by atoms with Crippen molar-refractivity contribution in [1.82, 2.24) is 14.1 Å². The molecular formula is C56H38N4. The predicted octanol–water partition coefficient (Wildman–Crippen LogP) is 14.4. The van der Waals surface area contributed by atoms with E-state index in [1.54, 1.807) is 0 Å². The summed E-state index contributed by atoms with van der Waals surface area (Å²) in [6, 6.07) is 69.5. The van der Waals surface area contributed by atoms with Gasteiger partial charge in [-0.25, -0.2) is 0 Å². The van der Waals surface area contributed by atoms with Gasteiger partial charge in [-0.3, -0.25) is 4.98 Å². The van der Waals surface area contributed by atoms with Crippen molar-refractivity contribution in [1.29, 1.82) is 5.26 Å². The molecule has 3 aromatic heterocycles. The molecular weight excluding hydrogens is 729 g/mol. The van der Waals surface area contributed by atoms with Crippen LogP contribution in [-0.2, 0) is 0 Å². The van der Waals surface area contributed by atoms with Gasteiger partial charge in [0.15, 0.2) is 0 Å². The van der Waals surface area contributed by atoms with Gasteiger partial charge in [0.05, 0.1) is 39.1 Å². The number of nitriles is 1. The highest BCUT2D eigenvalue weighted by Gasteiger charge is 2.24. The first-order valence-electron chi connectivity index (χ1n) is 20.3. The van der Waals surface area contributed by atoms with Crippen LogP contribution in [0.3, 0.4) is 0 Å². The van der Waals surface area contributed by atoms with Crippen molar-refractivity contribution in [2.45, 2.75) is 13.8 Å². The predicted molar refractivity (Wildman–Crippen MR) is 249 cm³/mol. The molecule has 0 saturated carbocycles. The molecule has 0 saturated heterocycles.